The number of rotatable bonds is 3. The van der Waals surface area contributed by atoms with Crippen molar-refractivity contribution in [1.82, 2.24) is 9.55 Å². The lowest BCUT2D eigenvalue weighted by molar-refractivity contribution is -0.141. The molecule has 0 radical (unpaired) electrons. The van der Waals surface area contributed by atoms with Crippen LogP contribution in [0, 0.1) is 0 Å². The van der Waals surface area contributed by atoms with Crippen LogP contribution in [-0.4, -0.2) is 32.3 Å². The predicted octanol–water partition coefficient (Wildman–Crippen LogP) is 0.380. The number of aliphatic hydroxyl groups excluding tert-OH is 1. The quantitative estimate of drug-likeness (QED) is 0.756. The van der Waals surface area contributed by atoms with E-state index in [1.807, 2.05) is 0 Å². The summed E-state index contributed by atoms with van der Waals surface area (Å²) in [6.45, 7) is 0.00277. The SMILES string of the molecule is O=C(O)C1CCCc2cnc(CCO)n21. The number of carboxylic acid groups (broad SMARTS) is 1. The lowest BCUT2D eigenvalue weighted by Crippen LogP contribution is -2.26. The fourth-order valence-corrected chi connectivity index (χ4v) is 2.13. The summed E-state index contributed by atoms with van der Waals surface area (Å²) in [5.74, 6) is -0.132. The molecule has 0 saturated heterocycles. The van der Waals surface area contributed by atoms with Crippen LogP contribution in [0.15, 0.2) is 6.20 Å². The number of aliphatic carboxylic acids is 1. The Hall–Kier alpha value is -1.36. The number of carboxylic acids is 1. The lowest BCUT2D eigenvalue weighted by Gasteiger charge is -2.23. The second-order valence-corrected chi connectivity index (χ2v) is 3.76. The molecule has 0 aromatic carbocycles. The number of aryl methyl sites for hydroxylation is 1. The largest absolute Gasteiger partial charge is 0.480 e. The smallest absolute Gasteiger partial charge is 0.326 e. The summed E-state index contributed by atoms with van der Waals surface area (Å²) in [7, 11) is 0. The molecule has 0 saturated carbocycles. The van der Waals surface area contributed by atoms with Gasteiger partial charge in [0.25, 0.3) is 0 Å². The molecular formula is C10H14N2O3. The zero-order valence-electron chi connectivity index (χ0n) is 8.39. The third-order valence-corrected chi connectivity index (χ3v) is 2.79. The topological polar surface area (TPSA) is 75.3 Å². The Morgan fingerprint density at radius 1 is 1.67 bits per heavy atom. The third kappa shape index (κ3) is 1.74. The lowest BCUT2D eigenvalue weighted by atomic mass is 10.0. The zero-order valence-corrected chi connectivity index (χ0v) is 8.39. The molecule has 0 amide bonds. The van der Waals surface area contributed by atoms with E-state index in [1.165, 1.54) is 0 Å². The van der Waals surface area contributed by atoms with Gasteiger partial charge in [0.05, 0.1) is 6.61 Å². The van der Waals surface area contributed by atoms with Crippen molar-refractivity contribution in [3.05, 3.63) is 17.7 Å². The Labute approximate surface area is 87.4 Å². The minimum atomic E-state index is -0.812. The van der Waals surface area contributed by atoms with Gasteiger partial charge in [-0.1, -0.05) is 0 Å². The maximum atomic E-state index is 11.1. The summed E-state index contributed by atoms with van der Waals surface area (Å²) in [4.78, 5) is 15.2. The van der Waals surface area contributed by atoms with Gasteiger partial charge in [-0.05, 0) is 19.3 Å². The first kappa shape index (κ1) is 10.2. The van der Waals surface area contributed by atoms with Gasteiger partial charge in [-0.25, -0.2) is 9.78 Å². The fourth-order valence-electron chi connectivity index (χ4n) is 2.13. The molecule has 1 aromatic rings. The minimum absolute atomic E-state index is 0.00277. The standard InChI is InChI=1S/C10H14N2O3/c13-5-4-9-11-6-7-2-1-3-8(10(14)15)12(7)9/h6,8,13H,1-5H2,(H,14,15). The molecule has 15 heavy (non-hydrogen) atoms. The van der Waals surface area contributed by atoms with Crippen LogP contribution in [0.4, 0.5) is 0 Å². The van der Waals surface area contributed by atoms with Crippen molar-refractivity contribution in [2.45, 2.75) is 31.7 Å². The molecular weight excluding hydrogens is 196 g/mol. The van der Waals surface area contributed by atoms with Crippen LogP contribution in [0.1, 0.15) is 30.4 Å². The molecule has 0 bridgehead atoms. The molecule has 2 heterocycles. The summed E-state index contributed by atoms with van der Waals surface area (Å²) < 4.78 is 1.77. The second-order valence-electron chi connectivity index (χ2n) is 3.76. The van der Waals surface area contributed by atoms with Crippen molar-refractivity contribution in [1.29, 1.82) is 0 Å². The molecule has 2 N–H and O–H groups in total. The van der Waals surface area contributed by atoms with E-state index in [1.54, 1.807) is 10.8 Å². The summed E-state index contributed by atoms with van der Waals surface area (Å²) in [6, 6.07) is -0.502. The average Bonchev–Trinajstić information content (AvgIpc) is 2.62. The van der Waals surface area contributed by atoms with Crippen molar-refractivity contribution >= 4 is 5.97 Å². The van der Waals surface area contributed by atoms with Crippen LogP contribution in [0.3, 0.4) is 0 Å². The Kier molecular flexibility index (Phi) is 2.73. The van der Waals surface area contributed by atoms with E-state index < -0.39 is 12.0 Å². The van der Waals surface area contributed by atoms with E-state index in [0.29, 0.717) is 18.7 Å². The van der Waals surface area contributed by atoms with E-state index in [2.05, 4.69) is 4.98 Å². The molecule has 2 rings (SSSR count). The second kappa shape index (κ2) is 4.02. The van der Waals surface area contributed by atoms with Gasteiger partial charge in [0.15, 0.2) is 0 Å². The first-order valence-electron chi connectivity index (χ1n) is 5.12. The summed E-state index contributed by atoms with van der Waals surface area (Å²) in [5, 5.41) is 17.9. The van der Waals surface area contributed by atoms with Gasteiger partial charge in [0.2, 0.25) is 0 Å². The van der Waals surface area contributed by atoms with E-state index >= 15 is 0 Å². The Balaban J connectivity index is 2.38. The molecule has 5 heteroatoms. The Bertz CT molecular complexity index is 373. The average molecular weight is 210 g/mol. The Morgan fingerprint density at radius 2 is 2.47 bits per heavy atom. The molecule has 5 nitrogen and oxygen atoms in total. The third-order valence-electron chi connectivity index (χ3n) is 2.79. The highest BCUT2D eigenvalue weighted by molar-refractivity contribution is 5.72. The summed E-state index contributed by atoms with van der Waals surface area (Å²) in [5.41, 5.74) is 0.970. The van der Waals surface area contributed by atoms with Crippen LogP contribution < -0.4 is 0 Å². The first-order valence-corrected chi connectivity index (χ1v) is 5.12. The van der Waals surface area contributed by atoms with E-state index in [0.717, 1.165) is 18.5 Å². The van der Waals surface area contributed by atoms with Crippen LogP contribution >= 0.6 is 0 Å². The van der Waals surface area contributed by atoms with Crippen LogP contribution in [0.25, 0.3) is 0 Å². The highest BCUT2D eigenvalue weighted by atomic mass is 16.4. The van der Waals surface area contributed by atoms with E-state index in [-0.39, 0.29) is 6.61 Å². The molecule has 1 aliphatic rings. The van der Waals surface area contributed by atoms with Gasteiger partial charge in [-0.2, -0.15) is 0 Å². The number of fused-ring (bicyclic) bond motifs is 1. The number of imidazole rings is 1. The zero-order chi connectivity index (χ0) is 10.8. The normalized spacial score (nSPS) is 19.9. The van der Waals surface area contributed by atoms with Gasteiger partial charge in [-0.15, -0.1) is 0 Å². The maximum Gasteiger partial charge on any atom is 0.326 e. The van der Waals surface area contributed by atoms with Crippen molar-refractivity contribution in [3.63, 3.8) is 0 Å². The summed E-state index contributed by atoms with van der Waals surface area (Å²) >= 11 is 0. The first-order chi connectivity index (χ1) is 7.24. The minimum Gasteiger partial charge on any atom is -0.480 e. The number of carbonyl (C=O) groups is 1. The van der Waals surface area contributed by atoms with Crippen molar-refractivity contribution in [2.24, 2.45) is 0 Å². The van der Waals surface area contributed by atoms with Gasteiger partial charge in [0, 0.05) is 18.3 Å². The molecule has 1 atom stereocenters. The van der Waals surface area contributed by atoms with Gasteiger partial charge < -0.3 is 14.8 Å². The number of hydrogen-bond donors (Lipinski definition) is 2. The summed E-state index contributed by atoms with van der Waals surface area (Å²) in [6.07, 6.45) is 4.56. The molecule has 1 unspecified atom stereocenters. The highest BCUT2D eigenvalue weighted by Gasteiger charge is 2.27. The van der Waals surface area contributed by atoms with E-state index in [9.17, 15) is 4.79 Å². The van der Waals surface area contributed by atoms with Gasteiger partial charge >= 0.3 is 5.97 Å². The highest BCUT2D eigenvalue weighted by Crippen LogP contribution is 2.26. The van der Waals surface area contributed by atoms with Crippen LogP contribution in [-0.2, 0) is 17.6 Å². The number of hydrogen-bond acceptors (Lipinski definition) is 3. The molecule has 0 fully saturated rings. The Morgan fingerprint density at radius 3 is 3.13 bits per heavy atom. The van der Waals surface area contributed by atoms with Crippen molar-refractivity contribution in [3.8, 4) is 0 Å². The number of aliphatic hydroxyl groups is 1. The predicted molar refractivity (Wildman–Crippen MR) is 52.6 cm³/mol. The van der Waals surface area contributed by atoms with Crippen molar-refractivity contribution < 1.29 is 15.0 Å². The van der Waals surface area contributed by atoms with Gasteiger partial charge in [0.1, 0.15) is 11.9 Å². The van der Waals surface area contributed by atoms with Crippen molar-refractivity contribution in [2.75, 3.05) is 6.61 Å². The van der Waals surface area contributed by atoms with Crippen LogP contribution in [0.5, 0.6) is 0 Å². The van der Waals surface area contributed by atoms with Gasteiger partial charge in [-0.3, -0.25) is 0 Å². The molecule has 1 aromatic heterocycles. The maximum absolute atomic E-state index is 11.1. The van der Waals surface area contributed by atoms with E-state index in [4.69, 9.17) is 10.2 Å². The molecule has 82 valence electrons. The molecule has 1 aliphatic heterocycles. The number of nitrogens with zero attached hydrogens (tertiary/aromatic N) is 2. The fraction of sp³-hybridized carbons (Fsp3) is 0.600. The molecule has 0 aliphatic carbocycles. The van der Waals surface area contributed by atoms with Crippen LogP contribution in [0.2, 0.25) is 0 Å². The monoisotopic (exact) mass is 210 g/mol. The molecule has 0 spiro atoms. The number of aromatic nitrogens is 2.